The SMILES string of the molecule is COc1cc(-c2nn(C3CCNCC3)c3ncnc(N)c23)ccc1NC(=O)c1cc2cc(C)ccc2o1. The van der Waals surface area contributed by atoms with Crippen molar-refractivity contribution in [3.8, 4) is 17.0 Å². The van der Waals surface area contributed by atoms with Gasteiger partial charge in [-0.05, 0) is 63.2 Å². The Kier molecular flexibility index (Phi) is 5.72. The first kappa shape index (κ1) is 23.0. The number of ether oxygens (including phenoxy) is 1. The summed E-state index contributed by atoms with van der Waals surface area (Å²) in [5.74, 6) is 0.719. The Morgan fingerprint density at radius 2 is 2.00 bits per heavy atom. The van der Waals surface area contributed by atoms with Crippen molar-refractivity contribution in [2.75, 3.05) is 31.2 Å². The number of carbonyl (C=O) groups is 1. The molecule has 4 N–H and O–H groups in total. The normalized spacial score (nSPS) is 14.3. The highest BCUT2D eigenvalue weighted by Crippen LogP contribution is 2.37. The summed E-state index contributed by atoms with van der Waals surface area (Å²) in [6, 6.07) is 13.2. The van der Waals surface area contributed by atoms with Gasteiger partial charge in [-0.15, -0.1) is 0 Å². The Balaban J connectivity index is 1.35. The molecule has 10 heteroatoms. The van der Waals surface area contributed by atoms with Gasteiger partial charge in [-0.1, -0.05) is 17.7 Å². The van der Waals surface area contributed by atoms with Gasteiger partial charge in [0.2, 0.25) is 0 Å². The number of nitrogen functional groups attached to an aromatic ring is 1. The summed E-state index contributed by atoms with van der Waals surface area (Å²) in [5.41, 5.74) is 10.7. The third-order valence-electron chi connectivity index (χ3n) is 6.79. The quantitative estimate of drug-likeness (QED) is 0.327. The average Bonchev–Trinajstić information content (AvgIpc) is 3.52. The van der Waals surface area contributed by atoms with Gasteiger partial charge in [0.05, 0.1) is 24.2 Å². The highest BCUT2D eigenvalue weighted by atomic mass is 16.5. The number of piperidine rings is 1. The molecule has 0 spiro atoms. The van der Waals surface area contributed by atoms with Crippen molar-refractivity contribution in [3.05, 3.63) is 60.1 Å². The number of benzene rings is 2. The molecule has 2 aromatic carbocycles. The zero-order valence-electron chi connectivity index (χ0n) is 20.6. The molecule has 0 radical (unpaired) electrons. The van der Waals surface area contributed by atoms with Gasteiger partial charge in [-0.2, -0.15) is 5.10 Å². The standard InChI is InChI=1S/C27H27N7O3/c1-15-3-6-20-17(11-15)13-22(37-20)27(35)32-19-5-4-16(12-21(19)36-2)24-23-25(28)30-14-31-26(23)34(33-24)18-7-9-29-10-8-18/h3-6,11-14,18,29H,7-10H2,1-2H3,(H,32,35)(H2,28,30,31). The lowest BCUT2D eigenvalue weighted by Gasteiger charge is -2.23. The first-order valence-electron chi connectivity index (χ1n) is 12.2. The van der Waals surface area contributed by atoms with Gasteiger partial charge in [0, 0.05) is 10.9 Å². The number of nitrogens with two attached hydrogens (primary N) is 1. The number of aryl methyl sites for hydroxylation is 1. The Labute approximate surface area is 212 Å². The van der Waals surface area contributed by atoms with E-state index in [2.05, 4.69) is 20.6 Å². The van der Waals surface area contributed by atoms with Crippen molar-refractivity contribution in [2.24, 2.45) is 0 Å². The average molecular weight is 498 g/mol. The molecule has 6 rings (SSSR count). The van der Waals surface area contributed by atoms with E-state index in [0.29, 0.717) is 39.6 Å². The van der Waals surface area contributed by atoms with Crippen molar-refractivity contribution in [1.82, 2.24) is 25.1 Å². The molecule has 4 heterocycles. The summed E-state index contributed by atoms with van der Waals surface area (Å²) in [4.78, 5) is 21.7. The largest absolute Gasteiger partial charge is 0.495 e. The van der Waals surface area contributed by atoms with Gasteiger partial charge >= 0.3 is 0 Å². The number of hydrogen-bond acceptors (Lipinski definition) is 8. The van der Waals surface area contributed by atoms with E-state index in [-0.39, 0.29) is 17.7 Å². The van der Waals surface area contributed by atoms with Crippen LogP contribution in [0.25, 0.3) is 33.3 Å². The molecular formula is C27H27N7O3. The van der Waals surface area contributed by atoms with Crippen molar-refractivity contribution in [2.45, 2.75) is 25.8 Å². The van der Waals surface area contributed by atoms with Crippen LogP contribution < -0.4 is 21.1 Å². The monoisotopic (exact) mass is 497 g/mol. The number of nitrogens with one attached hydrogen (secondary N) is 2. The Morgan fingerprint density at radius 1 is 1.16 bits per heavy atom. The smallest absolute Gasteiger partial charge is 0.291 e. The van der Waals surface area contributed by atoms with E-state index in [1.807, 2.05) is 41.9 Å². The number of hydrogen-bond donors (Lipinski definition) is 3. The highest BCUT2D eigenvalue weighted by molar-refractivity contribution is 6.06. The molecule has 10 nitrogen and oxygen atoms in total. The van der Waals surface area contributed by atoms with Gasteiger partial charge in [0.1, 0.15) is 29.2 Å². The lowest BCUT2D eigenvalue weighted by Crippen LogP contribution is -2.30. The Morgan fingerprint density at radius 3 is 2.81 bits per heavy atom. The number of amides is 1. The third kappa shape index (κ3) is 4.15. The van der Waals surface area contributed by atoms with Gasteiger partial charge in [-0.3, -0.25) is 4.79 Å². The number of fused-ring (bicyclic) bond motifs is 2. The number of rotatable bonds is 5. The van der Waals surface area contributed by atoms with Crippen LogP contribution in [0.4, 0.5) is 11.5 Å². The van der Waals surface area contributed by atoms with Crippen LogP contribution in [0.5, 0.6) is 5.75 Å². The fraction of sp³-hybridized carbons (Fsp3) is 0.259. The van der Waals surface area contributed by atoms with E-state index in [1.165, 1.54) is 6.33 Å². The molecule has 37 heavy (non-hydrogen) atoms. The summed E-state index contributed by atoms with van der Waals surface area (Å²) >= 11 is 0. The van der Waals surface area contributed by atoms with Gasteiger partial charge < -0.3 is 25.5 Å². The maximum Gasteiger partial charge on any atom is 0.291 e. The number of furan rings is 1. The Hall–Kier alpha value is -4.44. The molecule has 1 fully saturated rings. The molecule has 1 aliphatic heterocycles. The highest BCUT2D eigenvalue weighted by Gasteiger charge is 2.24. The molecule has 0 bridgehead atoms. The summed E-state index contributed by atoms with van der Waals surface area (Å²) in [7, 11) is 1.56. The molecule has 0 atom stereocenters. The van der Waals surface area contributed by atoms with Crippen molar-refractivity contribution >= 4 is 39.4 Å². The molecule has 0 unspecified atom stereocenters. The zero-order valence-corrected chi connectivity index (χ0v) is 20.6. The van der Waals surface area contributed by atoms with Crippen molar-refractivity contribution < 1.29 is 13.9 Å². The molecule has 0 aliphatic carbocycles. The van der Waals surface area contributed by atoms with Crippen molar-refractivity contribution in [3.63, 3.8) is 0 Å². The minimum absolute atomic E-state index is 0.222. The third-order valence-corrected chi connectivity index (χ3v) is 6.79. The number of aromatic nitrogens is 4. The fourth-order valence-electron chi connectivity index (χ4n) is 4.90. The number of nitrogens with zero attached hydrogens (tertiary/aromatic N) is 4. The second-order valence-corrected chi connectivity index (χ2v) is 9.25. The van der Waals surface area contributed by atoms with Crippen LogP contribution in [0, 0.1) is 6.92 Å². The summed E-state index contributed by atoms with van der Waals surface area (Å²) in [5, 5.41) is 12.8. The van der Waals surface area contributed by atoms with Gasteiger partial charge in [0.25, 0.3) is 5.91 Å². The summed E-state index contributed by atoms with van der Waals surface area (Å²) in [6.45, 7) is 3.85. The van der Waals surface area contributed by atoms with Crippen LogP contribution in [-0.2, 0) is 0 Å². The molecule has 1 amide bonds. The van der Waals surface area contributed by atoms with Crippen molar-refractivity contribution in [1.29, 1.82) is 0 Å². The topological polar surface area (TPSA) is 133 Å². The molecule has 1 aliphatic rings. The number of methoxy groups -OCH3 is 1. The van der Waals surface area contributed by atoms with E-state index in [0.717, 1.165) is 42.4 Å². The van der Waals surface area contributed by atoms with E-state index in [1.54, 1.807) is 19.2 Å². The van der Waals surface area contributed by atoms with Crippen LogP contribution in [0.3, 0.4) is 0 Å². The zero-order chi connectivity index (χ0) is 25.5. The van der Waals surface area contributed by atoms with Crippen LogP contribution in [-0.4, -0.2) is 45.9 Å². The number of carbonyl (C=O) groups excluding carboxylic acids is 1. The Bertz CT molecular complexity index is 1630. The molecule has 0 saturated carbocycles. The van der Waals surface area contributed by atoms with Crippen LogP contribution in [0.2, 0.25) is 0 Å². The van der Waals surface area contributed by atoms with E-state index < -0.39 is 0 Å². The van der Waals surface area contributed by atoms with Crippen LogP contribution in [0.1, 0.15) is 35.0 Å². The first-order valence-corrected chi connectivity index (χ1v) is 12.2. The van der Waals surface area contributed by atoms with Crippen LogP contribution in [0.15, 0.2) is 53.2 Å². The molecule has 1 saturated heterocycles. The first-order chi connectivity index (χ1) is 18.0. The van der Waals surface area contributed by atoms with E-state index in [4.69, 9.17) is 20.0 Å². The predicted molar refractivity (Wildman–Crippen MR) is 142 cm³/mol. The minimum Gasteiger partial charge on any atom is -0.495 e. The van der Waals surface area contributed by atoms with Crippen LogP contribution >= 0.6 is 0 Å². The fourth-order valence-corrected chi connectivity index (χ4v) is 4.90. The predicted octanol–water partition coefficient (Wildman–Crippen LogP) is 4.32. The van der Waals surface area contributed by atoms with Gasteiger partial charge in [-0.25, -0.2) is 14.6 Å². The molecule has 5 aromatic rings. The second kappa shape index (κ2) is 9.21. The molecule has 188 valence electrons. The van der Waals surface area contributed by atoms with Gasteiger partial charge in [0.15, 0.2) is 11.4 Å². The maximum absolute atomic E-state index is 13.0. The van der Waals surface area contributed by atoms with E-state index >= 15 is 0 Å². The molecular weight excluding hydrogens is 470 g/mol. The maximum atomic E-state index is 13.0. The minimum atomic E-state index is -0.363. The lowest BCUT2D eigenvalue weighted by molar-refractivity contribution is 0.0998. The van der Waals surface area contributed by atoms with E-state index in [9.17, 15) is 4.79 Å². The second-order valence-electron chi connectivity index (χ2n) is 9.25. The lowest BCUT2D eigenvalue weighted by atomic mass is 10.1. The number of anilines is 2. The summed E-state index contributed by atoms with van der Waals surface area (Å²) < 4.78 is 13.3. The molecule has 3 aromatic heterocycles. The summed E-state index contributed by atoms with van der Waals surface area (Å²) in [6.07, 6.45) is 3.38.